The number of ether oxygens (including phenoxy) is 2. The van der Waals surface area contributed by atoms with E-state index in [-0.39, 0.29) is 19.0 Å². The first kappa shape index (κ1) is 10.6. The van der Waals surface area contributed by atoms with Crippen molar-refractivity contribution in [2.24, 2.45) is 0 Å². The highest BCUT2D eigenvalue weighted by molar-refractivity contribution is 5.80. The Hall–Kier alpha value is -0.410. The third kappa shape index (κ3) is 7.49. The lowest BCUT2D eigenvalue weighted by atomic mass is 10.4. The average molecular weight is 160 g/mol. The zero-order valence-electron chi connectivity index (χ0n) is 7.26. The SMILES string of the molecule is CCCOCC(=O)COCC. The van der Waals surface area contributed by atoms with Crippen LogP contribution < -0.4 is 0 Å². The second-order valence-corrected chi connectivity index (χ2v) is 2.23. The molecule has 0 aliphatic carbocycles. The summed E-state index contributed by atoms with van der Waals surface area (Å²) in [5.41, 5.74) is 0. The lowest BCUT2D eigenvalue weighted by molar-refractivity contribution is -0.128. The van der Waals surface area contributed by atoms with Gasteiger partial charge < -0.3 is 9.47 Å². The predicted molar refractivity (Wildman–Crippen MR) is 42.6 cm³/mol. The Labute approximate surface area is 67.7 Å². The van der Waals surface area contributed by atoms with Gasteiger partial charge in [-0.1, -0.05) is 6.92 Å². The maximum absolute atomic E-state index is 10.8. The van der Waals surface area contributed by atoms with Gasteiger partial charge in [0, 0.05) is 13.2 Å². The lowest BCUT2D eigenvalue weighted by Gasteiger charge is -2.01. The van der Waals surface area contributed by atoms with Crippen LogP contribution in [0.5, 0.6) is 0 Å². The standard InChI is InChI=1S/C8H16O3/c1-3-5-11-7-8(9)6-10-4-2/h3-7H2,1-2H3. The summed E-state index contributed by atoms with van der Waals surface area (Å²) < 4.78 is 9.91. The predicted octanol–water partition coefficient (Wildman–Crippen LogP) is 1.02. The molecule has 0 amide bonds. The Bertz CT molecular complexity index is 102. The summed E-state index contributed by atoms with van der Waals surface area (Å²) in [6, 6.07) is 0. The quantitative estimate of drug-likeness (QED) is 0.521. The summed E-state index contributed by atoms with van der Waals surface area (Å²) in [6.07, 6.45) is 0.946. The van der Waals surface area contributed by atoms with Crippen LogP contribution in [0, 0.1) is 0 Å². The molecule has 0 saturated heterocycles. The van der Waals surface area contributed by atoms with Gasteiger partial charge in [-0.2, -0.15) is 0 Å². The van der Waals surface area contributed by atoms with E-state index < -0.39 is 0 Å². The average Bonchev–Trinajstić information content (AvgIpc) is 2.01. The number of hydrogen-bond donors (Lipinski definition) is 0. The number of rotatable bonds is 7. The van der Waals surface area contributed by atoms with Crippen molar-refractivity contribution in [1.29, 1.82) is 0 Å². The molecule has 0 fully saturated rings. The van der Waals surface area contributed by atoms with Crippen molar-refractivity contribution in [3.8, 4) is 0 Å². The van der Waals surface area contributed by atoms with Gasteiger partial charge in [0.1, 0.15) is 13.2 Å². The van der Waals surface area contributed by atoms with E-state index in [9.17, 15) is 4.79 Å². The van der Waals surface area contributed by atoms with Crippen molar-refractivity contribution in [3.63, 3.8) is 0 Å². The zero-order chi connectivity index (χ0) is 8.53. The summed E-state index contributed by atoms with van der Waals surface area (Å²) in [5.74, 6) is 0.0142. The van der Waals surface area contributed by atoms with Crippen LogP contribution in [0.4, 0.5) is 0 Å². The molecular formula is C8H16O3. The minimum Gasteiger partial charge on any atom is -0.374 e. The normalized spacial score (nSPS) is 10.0. The van der Waals surface area contributed by atoms with Crippen molar-refractivity contribution >= 4 is 5.78 Å². The monoisotopic (exact) mass is 160 g/mol. The van der Waals surface area contributed by atoms with Crippen molar-refractivity contribution in [1.82, 2.24) is 0 Å². The van der Waals surface area contributed by atoms with Crippen LogP contribution in [-0.4, -0.2) is 32.2 Å². The van der Waals surface area contributed by atoms with Gasteiger partial charge in [-0.15, -0.1) is 0 Å². The van der Waals surface area contributed by atoms with Gasteiger partial charge in [0.05, 0.1) is 0 Å². The topological polar surface area (TPSA) is 35.5 Å². The highest BCUT2D eigenvalue weighted by Crippen LogP contribution is 1.83. The smallest absolute Gasteiger partial charge is 0.183 e. The van der Waals surface area contributed by atoms with E-state index in [0.29, 0.717) is 13.2 Å². The van der Waals surface area contributed by atoms with Crippen molar-refractivity contribution < 1.29 is 14.3 Å². The molecule has 0 saturated carbocycles. The maximum Gasteiger partial charge on any atom is 0.183 e. The van der Waals surface area contributed by atoms with Gasteiger partial charge in [0.25, 0.3) is 0 Å². The molecule has 3 heteroatoms. The Morgan fingerprint density at radius 1 is 1.18 bits per heavy atom. The Balaban J connectivity index is 3.09. The third-order valence-electron chi connectivity index (χ3n) is 1.08. The fourth-order valence-electron chi connectivity index (χ4n) is 0.588. The molecule has 0 aliphatic rings. The first-order valence-corrected chi connectivity index (χ1v) is 3.98. The van der Waals surface area contributed by atoms with Crippen LogP contribution in [0.15, 0.2) is 0 Å². The van der Waals surface area contributed by atoms with E-state index in [1.807, 2.05) is 13.8 Å². The van der Waals surface area contributed by atoms with Gasteiger partial charge in [-0.3, -0.25) is 4.79 Å². The molecule has 0 aromatic rings. The summed E-state index contributed by atoms with van der Waals surface area (Å²) in [6.45, 7) is 5.47. The molecule has 0 bridgehead atoms. The number of Topliss-reactive ketones (excluding diaryl/α,β-unsaturated/α-hetero) is 1. The first-order chi connectivity index (χ1) is 5.31. The van der Waals surface area contributed by atoms with Crippen LogP contribution in [-0.2, 0) is 14.3 Å². The van der Waals surface area contributed by atoms with Crippen molar-refractivity contribution in [3.05, 3.63) is 0 Å². The minimum absolute atomic E-state index is 0.0142. The van der Waals surface area contributed by atoms with Crippen LogP contribution in [0.3, 0.4) is 0 Å². The number of hydrogen-bond acceptors (Lipinski definition) is 3. The van der Waals surface area contributed by atoms with E-state index in [1.165, 1.54) is 0 Å². The second kappa shape index (κ2) is 7.69. The summed E-state index contributed by atoms with van der Waals surface area (Å²) in [5, 5.41) is 0. The van der Waals surface area contributed by atoms with Crippen LogP contribution in [0.1, 0.15) is 20.3 Å². The number of carbonyl (C=O) groups excluding carboxylic acids is 1. The Morgan fingerprint density at radius 2 is 1.82 bits per heavy atom. The molecule has 0 aliphatic heterocycles. The molecule has 66 valence electrons. The first-order valence-electron chi connectivity index (χ1n) is 3.98. The lowest BCUT2D eigenvalue weighted by Crippen LogP contribution is -2.15. The fraction of sp³-hybridized carbons (Fsp3) is 0.875. The van der Waals surface area contributed by atoms with E-state index >= 15 is 0 Å². The molecule has 0 aromatic heterocycles. The van der Waals surface area contributed by atoms with Gasteiger partial charge >= 0.3 is 0 Å². The number of carbonyl (C=O) groups is 1. The zero-order valence-corrected chi connectivity index (χ0v) is 7.26. The van der Waals surface area contributed by atoms with Crippen molar-refractivity contribution in [2.75, 3.05) is 26.4 Å². The highest BCUT2D eigenvalue weighted by Gasteiger charge is 1.99. The molecule has 0 N–H and O–H groups in total. The van der Waals surface area contributed by atoms with Gasteiger partial charge in [0.2, 0.25) is 0 Å². The maximum atomic E-state index is 10.8. The van der Waals surface area contributed by atoms with Crippen LogP contribution in [0.2, 0.25) is 0 Å². The molecule has 0 spiro atoms. The van der Waals surface area contributed by atoms with E-state index in [0.717, 1.165) is 6.42 Å². The van der Waals surface area contributed by atoms with E-state index in [1.54, 1.807) is 0 Å². The van der Waals surface area contributed by atoms with Gasteiger partial charge in [-0.05, 0) is 13.3 Å². The largest absolute Gasteiger partial charge is 0.374 e. The second-order valence-electron chi connectivity index (χ2n) is 2.23. The Kier molecular flexibility index (Phi) is 7.41. The highest BCUT2D eigenvalue weighted by atomic mass is 16.5. The molecule has 0 rings (SSSR count). The molecule has 11 heavy (non-hydrogen) atoms. The third-order valence-corrected chi connectivity index (χ3v) is 1.08. The molecule has 0 heterocycles. The molecule has 0 unspecified atom stereocenters. The summed E-state index contributed by atoms with van der Waals surface area (Å²) in [4.78, 5) is 10.8. The molecule has 0 atom stereocenters. The molecule has 0 radical (unpaired) electrons. The molecular weight excluding hydrogens is 144 g/mol. The van der Waals surface area contributed by atoms with Gasteiger partial charge in [0.15, 0.2) is 5.78 Å². The fourth-order valence-corrected chi connectivity index (χ4v) is 0.588. The summed E-state index contributed by atoms with van der Waals surface area (Å²) in [7, 11) is 0. The van der Waals surface area contributed by atoms with E-state index in [4.69, 9.17) is 9.47 Å². The summed E-state index contributed by atoms with van der Waals surface area (Å²) >= 11 is 0. The van der Waals surface area contributed by atoms with Crippen molar-refractivity contribution in [2.45, 2.75) is 20.3 Å². The van der Waals surface area contributed by atoms with E-state index in [2.05, 4.69) is 0 Å². The molecule has 0 aromatic carbocycles. The van der Waals surface area contributed by atoms with Crippen LogP contribution in [0.25, 0.3) is 0 Å². The van der Waals surface area contributed by atoms with Gasteiger partial charge in [-0.25, -0.2) is 0 Å². The number of ketones is 1. The minimum atomic E-state index is 0.0142. The molecule has 3 nitrogen and oxygen atoms in total. The Morgan fingerprint density at radius 3 is 2.36 bits per heavy atom. The van der Waals surface area contributed by atoms with Crippen LogP contribution >= 0.6 is 0 Å².